The largest absolute Gasteiger partial charge is 0.357 e. The van der Waals surface area contributed by atoms with Gasteiger partial charge in [-0.1, -0.05) is 30.3 Å². The van der Waals surface area contributed by atoms with Gasteiger partial charge in [-0.05, 0) is 19.4 Å². The number of benzene rings is 1. The van der Waals surface area contributed by atoms with Crippen molar-refractivity contribution in [3.8, 4) is 0 Å². The Kier molecular flexibility index (Phi) is 3.86. The number of alkyl halides is 4. The lowest BCUT2D eigenvalue weighted by Crippen LogP contribution is -2.59. The average Bonchev–Trinajstić information content (AvgIpc) is 2.36. The molecule has 1 unspecified atom stereocenters. The fourth-order valence-electron chi connectivity index (χ4n) is 2.78. The molecule has 2 nitrogen and oxygen atoms in total. The molecule has 2 rings (SSSR count). The maximum absolute atomic E-state index is 14.3. The highest BCUT2D eigenvalue weighted by molar-refractivity contribution is 5.81. The first-order chi connectivity index (χ1) is 9.61. The van der Waals surface area contributed by atoms with Crippen molar-refractivity contribution in [3.05, 3.63) is 35.9 Å². The molecular weight excluding hydrogens is 288 g/mol. The summed E-state index contributed by atoms with van der Waals surface area (Å²) >= 11 is 0. The van der Waals surface area contributed by atoms with Crippen molar-refractivity contribution in [2.75, 3.05) is 0 Å². The van der Waals surface area contributed by atoms with Gasteiger partial charge in [-0.25, -0.2) is 8.78 Å². The fourth-order valence-corrected chi connectivity index (χ4v) is 2.78. The molecule has 1 aromatic carbocycles. The van der Waals surface area contributed by atoms with E-state index in [9.17, 15) is 22.4 Å². The minimum Gasteiger partial charge on any atom is -0.357 e. The quantitative estimate of drug-likeness (QED) is 0.791. The van der Waals surface area contributed by atoms with Gasteiger partial charge < -0.3 is 4.74 Å². The smallest absolute Gasteiger partial charge is 0.340 e. The number of ketones is 1. The Hall–Kier alpha value is -1.43. The van der Waals surface area contributed by atoms with Gasteiger partial charge in [0, 0.05) is 12.8 Å². The highest BCUT2D eigenvalue weighted by Gasteiger charge is 2.65. The molecule has 21 heavy (non-hydrogen) atoms. The molecule has 1 heterocycles. The summed E-state index contributed by atoms with van der Waals surface area (Å²) in [6, 6.07) is 7.05. The summed E-state index contributed by atoms with van der Waals surface area (Å²) in [7, 11) is 0. The second-order valence-electron chi connectivity index (χ2n) is 5.87. The lowest BCUT2D eigenvalue weighted by molar-refractivity contribution is -0.305. The maximum atomic E-state index is 14.3. The van der Waals surface area contributed by atoms with Crippen LogP contribution in [0.15, 0.2) is 30.3 Å². The zero-order chi connectivity index (χ0) is 15.9. The Morgan fingerprint density at radius 2 is 1.71 bits per heavy atom. The number of hydrogen-bond acceptors (Lipinski definition) is 2. The van der Waals surface area contributed by atoms with Crippen LogP contribution in [0.4, 0.5) is 17.6 Å². The van der Waals surface area contributed by atoms with Crippen LogP contribution in [0.25, 0.3) is 0 Å². The number of Topliss-reactive ketones (excluding diaryl/α,β-unsaturated/α-hetero) is 1. The molecule has 0 spiro atoms. The van der Waals surface area contributed by atoms with Crippen LogP contribution in [0.2, 0.25) is 0 Å². The summed E-state index contributed by atoms with van der Waals surface area (Å²) in [6.45, 7) is 2.90. The molecule has 0 aromatic heterocycles. The van der Waals surface area contributed by atoms with Gasteiger partial charge >= 0.3 is 12.3 Å². The van der Waals surface area contributed by atoms with Crippen LogP contribution >= 0.6 is 0 Å². The van der Waals surface area contributed by atoms with Gasteiger partial charge in [0.05, 0.1) is 5.60 Å². The molecule has 1 aromatic rings. The summed E-state index contributed by atoms with van der Waals surface area (Å²) in [5.41, 5.74) is -3.98. The monoisotopic (exact) mass is 304 g/mol. The van der Waals surface area contributed by atoms with E-state index in [-0.39, 0.29) is 12.0 Å². The molecular formula is C15H16F4O2. The van der Waals surface area contributed by atoms with E-state index < -0.39 is 35.8 Å². The van der Waals surface area contributed by atoms with Gasteiger partial charge in [-0.2, -0.15) is 8.78 Å². The van der Waals surface area contributed by atoms with E-state index in [0.29, 0.717) is 0 Å². The number of carbonyl (C=O) groups excluding carboxylic acids is 1. The third-order valence-electron chi connectivity index (χ3n) is 3.57. The summed E-state index contributed by atoms with van der Waals surface area (Å²) in [5.74, 6) is -4.99. The molecule has 1 aliphatic rings. The van der Waals surface area contributed by atoms with Crippen LogP contribution in [0.5, 0.6) is 0 Å². The zero-order valence-corrected chi connectivity index (χ0v) is 11.7. The average molecular weight is 304 g/mol. The first-order valence-electron chi connectivity index (χ1n) is 6.54. The summed E-state index contributed by atoms with van der Waals surface area (Å²) in [5, 5.41) is 0. The second kappa shape index (κ2) is 5.09. The van der Waals surface area contributed by atoms with Crippen molar-refractivity contribution in [2.24, 2.45) is 0 Å². The first-order valence-corrected chi connectivity index (χ1v) is 6.54. The maximum Gasteiger partial charge on any atom is 0.340 e. The number of hydrogen-bond donors (Lipinski definition) is 0. The molecule has 1 aliphatic heterocycles. The molecule has 1 saturated heterocycles. The molecule has 0 aliphatic carbocycles. The van der Waals surface area contributed by atoms with Gasteiger partial charge in [0.1, 0.15) is 5.78 Å². The van der Waals surface area contributed by atoms with Gasteiger partial charge in [0.2, 0.25) is 0 Å². The third kappa shape index (κ3) is 2.69. The van der Waals surface area contributed by atoms with E-state index in [2.05, 4.69) is 0 Å². The Morgan fingerprint density at radius 3 is 2.19 bits per heavy atom. The topological polar surface area (TPSA) is 26.3 Å². The van der Waals surface area contributed by atoms with Crippen LogP contribution in [0.3, 0.4) is 0 Å². The minimum absolute atomic E-state index is 0.0824. The Bertz CT molecular complexity index is 528. The number of carbonyl (C=O) groups is 1. The Morgan fingerprint density at radius 1 is 1.14 bits per heavy atom. The molecule has 1 fully saturated rings. The van der Waals surface area contributed by atoms with Gasteiger partial charge in [0.25, 0.3) is 0 Å². The molecule has 0 saturated carbocycles. The van der Waals surface area contributed by atoms with E-state index >= 15 is 0 Å². The van der Waals surface area contributed by atoms with Crippen LogP contribution in [-0.4, -0.2) is 23.7 Å². The highest BCUT2D eigenvalue weighted by atomic mass is 19.3. The molecule has 0 bridgehead atoms. The first kappa shape index (κ1) is 15.9. The van der Waals surface area contributed by atoms with E-state index in [1.165, 1.54) is 38.1 Å². The normalized spacial score (nSPS) is 26.1. The minimum atomic E-state index is -4.47. The van der Waals surface area contributed by atoms with E-state index in [0.717, 1.165) is 0 Å². The third-order valence-corrected chi connectivity index (χ3v) is 3.57. The van der Waals surface area contributed by atoms with Gasteiger partial charge in [-0.15, -0.1) is 0 Å². The van der Waals surface area contributed by atoms with Crippen LogP contribution in [0.1, 0.15) is 32.3 Å². The highest BCUT2D eigenvalue weighted by Crippen LogP contribution is 2.52. The van der Waals surface area contributed by atoms with Crippen molar-refractivity contribution >= 4 is 5.78 Å². The number of halogens is 4. The van der Waals surface area contributed by atoms with E-state index in [1.54, 1.807) is 6.07 Å². The Balaban J connectivity index is 2.63. The van der Waals surface area contributed by atoms with Crippen molar-refractivity contribution in [1.29, 1.82) is 0 Å². The van der Waals surface area contributed by atoms with Gasteiger partial charge in [-0.3, -0.25) is 4.79 Å². The van der Waals surface area contributed by atoms with E-state index in [1.807, 2.05) is 0 Å². The van der Waals surface area contributed by atoms with Crippen LogP contribution in [0, 0.1) is 0 Å². The lowest BCUT2D eigenvalue weighted by atomic mass is 9.77. The summed E-state index contributed by atoms with van der Waals surface area (Å²) < 4.78 is 59.8. The predicted molar refractivity (Wildman–Crippen MR) is 68.5 cm³/mol. The summed E-state index contributed by atoms with van der Waals surface area (Å²) in [4.78, 5) is 11.9. The molecule has 1 atom stereocenters. The molecule has 0 N–H and O–H groups in total. The molecule has 116 valence electrons. The van der Waals surface area contributed by atoms with Crippen molar-refractivity contribution in [2.45, 2.75) is 50.2 Å². The van der Waals surface area contributed by atoms with Crippen LogP contribution < -0.4 is 0 Å². The molecule has 6 heteroatoms. The number of ether oxygens (including phenoxy) is 1. The molecule has 0 amide bonds. The van der Waals surface area contributed by atoms with Crippen molar-refractivity contribution < 1.29 is 27.1 Å². The van der Waals surface area contributed by atoms with Crippen molar-refractivity contribution in [1.82, 2.24) is 0 Å². The lowest BCUT2D eigenvalue weighted by Gasteiger charge is -2.48. The van der Waals surface area contributed by atoms with Crippen molar-refractivity contribution in [3.63, 3.8) is 0 Å². The fraction of sp³-hybridized carbons (Fsp3) is 0.533. The van der Waals surface area contributed by atoms with E-state index in [4.69, 9.17) is 4.74 Å². The second-order valence-corrected chi connectivity index (χ2v) is 5.87. The Labute approximate surface area is 120 Å². The summed E-state index contributed by atoms with van der Waals surface area (Å²) in [6.07, 6.45) is -4.78. The molecule has 0 radical (unpaired) electrons. The standard InChI is InChI=1S/C15H16F4O2/c1-13(2)8-11(20)9-14(21-13,15(18,19)12(16)17)10-6-4-3-5-7-10/h3-7,12H,8-9H2,1-2H3. The van der Waals surface area contributed by atoms with Gasteiger partial charge in [0.15, 0.2) is 5.60 Å². The number of rotatable bonds is 3. The SMILES string of the molecule is CC1(C)CC(=O)CC(c2ccccc2)(C(F)(F)C(F)F)O1. The predicted octanol–water partition coefficient (Wildman–Crippen LogP) is 3.94. The van der Waals surface area contributed by atoms with Crippen LogP contribution in [-0.2, 0) is 15.1 Å². The zero-order valence-electron chi connectivity index (χ0n) is 11.7.